The summed E-state index contributed by atoms with van der Waals surface area (Å²) in [6, 6.07) is -0.887. The van der Waals surface area contributed by atoms with Gasteiger partial charge in [-0.2, -0.15) is 0 Å². The minimum Gasteiger partial charge on any atom is -0.394 e. The van der Waals surface area contributed by atoms with Gasteiger partial charge in [-0.05, 0) is 51.4 Å². The van der Waals surface area contributed by atoms with Gasteiger partial charge in [-0.25, -0.2) is 0 Å². The number of carbonyl (C=O) groups is 1. The zero-order chi connectivity index (χ0) is 74.6. The van der Waals surface area contributed by atoms with Crippen LogP contribution >= 0.6 is 0 Å². The average molecular weight is 1470 g/mol. The van der Waals surface area contributed by atoms with Gasteiger partial charge in [0, 0.05) is 6.42 Å². The van der Waals surface area contributed by atoms with E-state index in [2.05, 4.69) is 67.8 Å². The molecule has 3 aliphatic heterocycles. The number of aliphatic hydroxyl groups excluding tert-OH is 11. The minimum absolute atomic E-state index is 0.235. The van der Waals surface area contributed by atoms with Crippen LogP contribution in [0.1, 0.15) is 348 Å². The Hall–Kier alpha value is -2.25. The summed E-state index contributed by atoms with van der Waals surface area (Å²) in [5, 5.41) is 121. The molecule has 3 aliphatic rings. The second-order valence-electron chi connectivity index (χ2n) is 30.3. The molecule has 3 saturated heterocycles. The number of unbranched alkanes of at least 4 members (excludes halogenated alkanes) is 44. The normalized spacial score (nSPS) is 26.2. The minimum atomic E-state index is -1.97. The van der Waals surface area contributed by atoms with Crippen molar-refractivity contribution in [1.82, 2.24) is 5.32 Å². The van der Waals surface area contributed by atoms with Gasteiger partial charge in [0.25, 0.3) is 0 Å². The van der Waals surface area contributed by atoms with E-state index in [-0.39, 0.29) is 18.9 Å². The van der Waals surface area contributed by atoms with Crippen molar-refractivity contribution >= 4 is 5.91 Å². The molecule has 0 saturated carbocycles. The van der Waals surface area contributed by atoms with Gasteiger partial charge in [-0.1, -0.05) is 339 Å². The van der Waals surface area contributed by atoms with Gasteiger partial charge in [0.05, 0.1) is 38.6 Å². The average Bonchev–Trinajstić information content (AvgIpc) is 0.781. The summed E-state index contributed by atoms with van der Waals surface area (Å²) < 4.78 is 34.6. The molecule has 3 rings (SSSR count). The van der Waals surface area contributed by atoms with E-state index < -0.39 is 124 Å². The predicted molar refractivity (Wildman–Crippen MR) is 411 cm³/mol. The molecule has 0 bridgehead atoms. The fourth-order valence-electron chi connectivity index (χ4n) is 14.4. The lowest BCUT2D eigenvalue weighted by molar-refractivity contribution is -0.379. The van der Waals surface area contributed by atoms with Gasteiger partial charge in [0.2, 0.25) is 5.91 Å². The van der Waals surface area contributed by atoms with Crippen LogP contribution in [0.4, 0.5) is 0 Å². The first-order chi connectivity index (χ1) is 50.3. The molecule has 17 atom stereocenters. The summed E-state index contributed by atoms with van der Waals surface area (Å²) >= 11 is 0. The monoisotopic (exact) mass is 1470 g/mol. The van der Waals surface area contributed by atoms with E-state index in [9.17, 15) is 61.0 Å². The zero-order valence-electron chi connectivity index (χ0n) is 64.8. The molecule has 0 aromatic rings. The summed E-state index contributed by atoms with van der Waals surface area (Å²) in [7, 11) is 0. The highest BCUT2D eigenvalue weighted by Gasteiger charge is 2.54. The molecule has 604 valence electrons. The number of ether oxygens (including phenoxy) is 6. The summed E-state index contributed by atoms with van der Waals surface area (Å²) in [6.45, 7) is 1.74. The van der Waals surface area contributed by atoms with Crippen LogP contribution in [0.5, 0.6) is 0 Å². The van der Waals surface area contributed by atoms with Crippen LogP contribution in [0, 0.1) is 0 Å². The van der Waals surface area contributed by atoms with Gasteiger partial charge in [0.1, 0.15) is 73.2 Å². The molecule has 17 unspecified atom stereocenters. The van der Waals surface area contributed by atoms with Crippen molar-refractivity contribution in [2.24, 2.45) is 0 Å². The number of amides is 1. The lowest BCUT2D eigenvalue weighted by Gasteiger charge is -2.48. The smallest absolute Gasteiger partial charge is 0.220 e. The number of hydrogen-bond acceptors (Lipinski definition) is 18. The molecule has 0 radical (unpaired) electrons. The fourth-order valence-corrected chi connectivity index (χ4v) is 14.4. The van der Waals surface area contributed by atoms with Crippen LogP contribution in [-0.4, -0.2) is 193 Å². The van der Waals surface area contributed by atoms with Gasteiger partial charge >= 0.3 is 0 Å². The van der Waals surface area contributed by atoms with Crippen molar-refractivity contribution in [1.29, 1.82) is 0 Å². The Morgan fingerprint density at radius 1 is 0.359 bits per heavy atom. The molecule has 0 spiro atoms. The first-order valence-electron chi connectivity index (χ1n) is 42.4. The summed E-state index contributed by atoms with van der Waals surface area (Å²) in [5.41, 5.74) is 0. The lowest BCUT2D eigenvalue weighted by Crippen LogP contribution is -2.66. The van der Waals surface area contributed by atoms with E-state index in [1.54, 1.807) is 0 Å². The van der Waals surface area contributed by atoms with Crippen molar-refractivity contribution < 1.29 is 89.4 Å². The molecular formula is C84H155NO18. The first kappa shape index (κ1) is 95.0. The second kappa shape index (κ2) is 64.6. The molecule has 12 N–H and O–H groups in total. The molecule has 0 aliphatic carbocycles. The SMILES string of the molecule is CC/C=C\C/C=C\C/C=C\C/C=C\CCCCCCCCCCCCCCCCCCCCCCCCCCC(=O)NC(COC1OC(CO)C(OC2OC(CO)C(OC3OC(CO)C(O)C(O)C3O)C(O)C2O)C(O)C1O)C(O)CCCCCCCCCCCCCCCCCCCCCCC. The van der Waals surface area contributed by atoms with E-state index in [0.29, 0.717) is 12.8 Å². The Kier molecular flexibility index (Phi) is 59.5. The highest BCUT2D eigenvalue weighted by atomic mass is 16.8. The maximum Gasteiger partial charge on any atom is 0.220 e. The molecule has 3 heterocycles. The van der Waals surface area contributed by atoms with E-state index in [1.165, 1.54) is 244 Å². The van der Waals surface area contributed by atoms with Crippen LogP contribution in [0.25, 0.3) is 0 Å². The third-order valence-corrected chi connectivity index (χ3v) is 21.2. The largest absolute Gasteiger partial charge is 0.394 e. The van der Waals surface area contributed by atoms with Crippen molar-refractivity contribution in [3.05, 3.63) is 48.6 Å². The Morgan fingerprint density at radius 2 is 0.670 bits per heavy atom. The van der Waals surface area contributed by atoms with Crippen LogP contribution < -0.4 is 5.32 Å². The van der Waals surface area contributed by atoms with Crippen LogP contribution in [0.15, 0.2) is 48.6 Å². The predicted octanol–water partition coefficient (Wildman–Crippen LogP) is 14.8. The topological polar surface area (TPSA) is 307 Å². The number of aliphatic hydroxyl groups is 11. The Labute approximate surface area is 624 Å². The zero-order valence-corrected chi connectivity index (χ0v) is 64.8. The van der Waals surface area contributed by atoms with Gasteiger partial charge in [0.15, 0.2) is 18.9 Å². The first-order valence-corrected chi connectivity index (χ1v) is 42.4. The van der Waals surface area contributed by atoms with Crippen LogP contribution in [0.3, 0.4) is 0 Å². The standard InChI is InChI=1S/C84H155NO18/c1-3-5-7-9-11-13-15-17-19-21-23-25-26-27-28-29-30-31-32-33-34-35-36-37-38-39-40-42-44-46-48-50-52-54-56-58-60-62-72(90)85-67(68(89)61-59-57-55-53-51-49-47-45-43-41-24-22-20-18-16-14-12-10-8-6-4-2)66-98-82-78(96)75(93)80(70(64-87)100-82)103-84-79(97)76(94)81(71(65-88)101-84)102-83-77(95)74(92)73(91)69(63-86)99-83/h5,7,11,13,17,19,23,25,67-71,73-84,86-89,91-97H,3-4,6,8-10,12,14-16,18,20-22,24,26-66H2,1-2H3,(H,85,90)/b7-5-,13-11-,19-17-,25-23-. The van der Waals surface area contributed by atoms with Gasteiger partial charge in [-0.15, -0.1) is 0 Å². The summed E-state index contributed by atoms with van der Waals surface area (Å²) in [4.78, 5) is 13.5. The molecule has 0 aromatic heterocycles. The third kappa shape index (κ3) is 44.3. The molecule has 3 fully saturated rings. The van der Waals surface area contributed by atoms with E-state index in [1.807, 2.05) is 0 Å². The van der Waals surface area contributed by atoms with Crippen molar-refractivity contribution in [3.63, 3.8) is 0 Å². The Balaban J connectivity index is 1.31. The number of hydrogen-bond donors (Lipinski definition) is 12. The number of allylic oxidation sites excluding steroid dienone is 8. The van der Waals surface area contributed by atoms with Gasteiger partial charge < -0.3 is 89.9 Å². The number of rotatable bonds is 68. The maximum absolute atomic E-state index is 13.5. The molecule has 103 heavy (non-hydrogen) atoms. The maximum atomic E-state index is 13.5. The van der Waals surface area contributed by atoms with Crippen LogP contribution in [-0.2, 0) is 33.2 Å². The Bertz CT molecular complexity index is 2050. The lowest BCUT2D eigenvalue weighted by atomic mass is 9.96. The highest BCUT2D eigenvalue weighted by molar-refractivity contribution is 5.76. The third-order valence-electron chi connectivity index (χ3n) is 21.2. The quantitative estimate of drug-likeness (QED) is 0.0199. The van der Waals surface area contributed by atoms with Crippen molar-refractivity contribution in [3.8, 4) is 0 Å². The van der Waals surface area contributed by atoms with E-state index in [0.717, 1.165) is 70.6 Å². The van der Waals surface area contributed by atoms with Crippen LogP contribution in [0.2, 0.25) is 0 Å². The second-order valence-corrected chi connectivity index (χ2v) is 30.3. The summed E-state index contributed by atoms with van der Waals surface area (Å²) in [5.74, 6) is -0.235. The molecular weight excluding hydrogens is 1310 g/mol. The van der Waals surface area contributed by atoms with E-state index in [4.69, 9.17) is 28.4 Å². The number of nitrogens with one attached hydrogen (secondary N) is 1. The summed E-state index contributed by atoms with van der Waals surface area (Å²) in [6.07, 6.45) is 55.0. The molecule has 19 nitrogen and oxygen atoms in total. The number of carbonyl (C=O) groups excluding carboxylic acids is 1. The van der Waals surface area contributed by atoms with Gasteiger partial charge in [-0.3, -0.25) is 4.79 Å². The highest BCUT2D eigenvalue weighted by Crippen LogP contribution is 2.33. The molecule has 1 amide bonds. The fraction of sp³-hybridized carbons (Fsp3) is 0.893. The van der Waals surface area contributed by atoms with Crippen molar-refractivity contribution in [2.45, 2.75) is 452 Å². The molecule has 19 heteroatoms. The van der Waals surface area contributed by atoms with Crippen molar-refractivity contribution in [2.75, 3.05) is 26.4 Å². The molecule has 0 aromatic carbocycles. The van der Waals surface area contributed by atoms with E-state index >= 15 is 0 Å². The Morgan fingerprint density at radius 3 is 1.05 bits per heavy atom.